The molecule has 0 aliphatic carbocycles. The van der Waals surface area contributed by atoms with E-state index in [2.05, 4.69) is 5.32 Å². The summed E-state index contributed by atoms with van der Waals surface area (Å²) in [6.45, 7) is 1.19. The SMILES string of the molecule is COc1ccc(S(=O)(=O)N2CCCC(C(=O)NCCOc3cccc(Cl)c3)C2)cc1. The predicted molar refractivity (Wildman–Crippen MR) is 114 cm³/mol. The Morgan fingerprint density at radius 2 is 1.97 bits per heavy atom. The molecule has 0 radical (unpaired) electrons. The maximum Gasteiger partial charge on any atom is 0.243 e. The zero-order chi connectivity index (χ0) is 21.6. The molecule has 2 aromatic rings. The summed E-state index contributed by atoms with van der Waals surface area (Å²) in [7, 11) is -2.13. The van der Waals surface area contributed by atoms with Crippen LogP contribution in [0.1, 0.15) is 12.8 Å². The van der Waals surface area contributed by atoms with E-state index in [1.54, 1.807) is 36.4 Å². The fourth-order valence-corrected chi connectivity index (χ4v) is 5.02. The quantitative estimate of drug-likeness (QED) is 0.622. The number of methoxy groups -OCH3 is 1. The summed E-state index contributed by atoms with van der Waals surface area (Å²) in [6.07, 6.45) is 1.28. The first-order valence-corrected chi connectivity index (χ1v) is 11.5. The van der Waals surface area contributed by atoms with Crippen molar-refractivity contribution in [1.29, 1.82) is 0 Å². The average Bonchev–Trinajstić information content (AvgIpc) is 2.77. The summed E-state index contributed by atoms with van der Waals surface area (Å²) in [5.41, 5.74) is 0. The average molecular weight is 453 g/mol. The largest absolute Gasteiger partial charge is 0.497 e. The summed E-state index contributed by atoms with van der Waals surface area (Å²) < 4.78 is 37.9. The first-order chi connectivity index (χ1) is 14.4. The van der Waals surface area contributed by atoms with Crippen LogP contribution in [-0.2, 0) is 14.8 Å². The molecule has 0 spiro atoms. The maximum absolute atomic E-state index is 12.9. The minimum Gasteiger partial charge on any atom is -0.497 e. The second kappa shape index (κ2) is 10.1. The Morgan fingerprint density at radius 1 is 1.20 bits per heavy atom. The van der Waals surface area contributed by atoms with E-state index in [-0.39, 0.29) is 17.3 Å². The Bertz CT molecular complexity index is 966. The van der Waals surface area contributed by atoms with E-state index < -0.39 is 15.9 Å². The topological polar surface area (TPSA) is 84.9 Å². The fraction of sp³-hybridized carbons (Fsp3) is 0.381. The molecular weight excluding hydrogens is 428 g/mol. The van der Waals surface area contributed by atoms with E-state index in [9.17, 15) is 13.2 Å². The first-order valence-electron chi connectivity index (χ1n) is 9.70. The molecule has 1 unspecified atom stereocenters. The van der Waals surface area contributed by atoms with Crippen molar-refractivity contribution in [3.05, 3.63) is 53.6 Å². The van der Waals surface area contributed by atoms with E-state index >= 15 is 0 Å². The Labute approximate surface area is 182 Å². The Hall–Kier alpha value is -2.29. The molecule has 1 heterocycles. The van der Waals surface area contributed by atoms with E-state index in [1.807, 2.05) is 0 Å². The van der Waals surface area contributed by atoms with Crippen LogP contribution in [0.25, 0.3) is 0 Å². The summed E-state index contributed by atoms with van der Waals surface area (Å²) in [5, 5.41) is 3.41. The summed E-state index contributed by atoms with van der Waals surface area (Å²) in [5.74, 6) is 0.660. The second-order valence-corrected chi connectivity index (χ2v) is 9.35. The number of halogens is 1. The lowest BCUT2D eigenvalue weighted by Crippen LogP contribution is -2.45. The van der Waals surface area contributed by atoms with Crippen molar-refractivity contribution < 1.29 is 22.7 Å². The molecule has 1 amide bonds. The zero-order valence-corrected chi connectivity index (χ0v) is 18.3. The summed E-state index contributed by atoms with van der Waals surface area (Å²) in [4.78, 5) is 12.7. The molecule has 1 aliphatic heterocycles. The number of rotatable bonds is 8. The van der Waals surface area contributed by atoms with Crippen LogP contribution in [-0.4, -0.2) is 52.0 Å². The molecule has 0 aromatic heterocycles. The van der Waals surface area contributed by atoms with Crippen LogP contribution in [0.5, 0.6) is 11.5 Å². The minimum absolute atomic E-state index is 0.162. The van der Waals surface area contributed by atoms with Crippen LogP contribution < -0.4 is 14.8 Å². The standard InChI is InChI=1S/C21H25ClN2O5S/c1-28-18-7-9-20(10-8-18)30(26,27)24-12-3-4-16(15-24)21(25)23-11-13-29-19-6-2-5-17(22)14-19/h2,5-10,14,16H,3-4,11-13,15H2,1H3,(H,23,25). The van der Waals surface area contributed by atoms with Gasteiger partial charge in [0, 0.05) is 18.1 Å². The number of piperidine rings is 1. The zero-order valence-electron chi connectivity index (χ0n) is 16.7. The third-order valence-corrected chi connectivity index (χ3v) is 7.03. The minimum atomic E-state index is -3.66. The number of ether oxygens (including phenoxy) is 2. The predicted octanol–water partition coefficient (Wildman–Crippen LogP) is 2.94. The van der Waals surface area contributed by atoms with Gasteiger partial charge in [-0.05, 0) is 55.3 Å². The van der Waals surface area contributed by atoms with Gasteiger partial charge >= 0.3 is 0 Å². The van der Waals surface area contributed by atoms with Crippen LogP contribution in [0.2, 0.25) is 5.02 Å². The molecule has 0 bridgehead atoms. The third-order valence-electron chi connectivity index (χ3n) is 4.92. The van der Waals surface area contributed by atoms with Crippen molar-refractivity contribution in [1.82, 2.24) is 9.62 Å². The number of carbonyl (C=O) groups excluding carboxylic acids is 1. The van der Waals surface area contributed by atoms with Gasteiger partial charge in [-0.25, -0.2) is 8.42 Å². The number of carbonyl (C=O) groups is 1. The van der Waals surface area contributed by atoms with Gasteiger partial charge in [0.1, 0.15) is 18.1 Å². The number of sulfonamides is 1. The molecule has 9 heteroatoms. The number of hydrogen-bond acceptors (Lipinski definition) is 5. The van der Waals surface area contributed by atoms with Gasteiger partial charge in [0.15, 0.2) is 0 Å². The number of nitrogens with one attached hydrogen (secondary N) is 1. The molecule has 7 nitrogen and oxygen atoms in total. The normalized spacial score (nSPS) is 17.3. The van der Waals surface area contributed by atoms with E-state index in [0.717, 1.165) is 0 Å². The first kappa shape index (κ1) is 22.4. The van der Waals surface area contributed by atoms with Gasteiger partial charge in [0.25, 0.3) is 0 Å². The van der Waals surface area contributed by atoms with Crippen LogP contribution in [0.15, 0.2) is 53.4 Å². The van der Waals surface area contributed by atoms with Crippen molar-refractivity contribution in [3.8, 4) is 11.5 Å². The number of hydrogen-bond donors (Lipinski definition) is 1. The fourth-order valence-electron chi connectivity index (χ4n) is 3.32. The van der Waals surface area contributed by atoms with Gasteiger partial charge in [0.05, 0.1) is 24.5 Å². The Kier molecular flexibility index (Phi) is 7.58. The van der Waals surface area contributed by atoms with E-state index in [0.29, 0.717) is 49.1 Å². The molecular formula is C21H25ClN2O5S. The molecule has 1 N–H and O–H groups in total. The van der Waals surface area contributed by atoms with Gasteiger partial charge in [-0.2, -0.15) is 4.31 Å². The molecule has 30 heavy (non-hydrogen) atoms. The number of amides is 1. The smallest absolute Gasteiger partial charge is 0.243 e. The molecule has 1 saturated heterocycles. The van der Waals surface area contributed by atoms with Crippen molar-refractivity contribution in [2.75, 3.05) is 33.4 Å². The maximum atomic E-state index is 12.9. The molecule has 3 rings (SSSR count). The van der Waals surface area contributed by atoms with E-state index in [1.165, 1.54) is 23.5 Å². The lowest BCUT2D eigenvalue weighted by atomic mass is 9.99. The second-order valence-electron chi connectivity index (χ2n) is 6.97. The van der Waals surface area contributed by atoms with Gasteiger partial charge in [-0.1, -0.05) is 17.7 Å². The van der Waals surface area contributed by atoms with Gasteiger partial charge in [-0.15, -0.1) is 0 Å². The highest BCUT2D eigenvalue weighted by Gasteiger charge is 2.33. The van der Waals surface area contributed by atoms with Crippen LogP contribution in [0.4, 0.5) is 0 Å². The Morgan fingerprint density at radius 3 is 2.67 bits per heavy atom. The molecule has 162 valence electrons. The molecule has 1 fully saturated rings. The van der Waals surface area contributed by atoms with Crippen molar-refractivity contribution >= 4 is 27.5 Å². The van der Waals surface area contributed by atoms with Crippen LogP contribution >= 0.6 is 11.6 Å². The highest BCUT2D eigenvalue weighted by atomic mass is 35.5. The molecule has 2 aromatic carbocycles. The highest BCUT2D eigenvalue weighted by molar-refractivity contribution is 7.89. The highest BCUT2D eigenvalue weighted by Crippen LogP contribution is 2.25. The van der Waals surface area contributed by atoms with Crippen molar-refractivity contribution in [2.45, 2.75) is 17.7 Å². The number of benzene rings is 2. The van der Waals surface area contributed by atoms with Crippen molar-refractivity contribution in [2.24, 2.45) is 5.92 Å². The summed E-state index contributed by atoms with van der Waals surface area (Å²) in [6, 6.07) is 13.3. The van der Waals surface area contributed by atoms with Crippen LogP contribution in [0.3, 0.4) is 0 Å². The monoisotopic (exact) mass is 452 g/mol. The van der Waals surface area contributed by atoms with Crippen molar-refractivity contribution in [3.63, 3.8) is 0 Å². The lowest BCUT2D eigenvalue weighted by molar-refractivity contribution is -0.126. The third kappa shape index (κ3) is 5.65. The van der Waals surface area contributed by atoms with Crippen LogP contribution in [0, 0.1) is 5.92 Å². The van der Waals surface area contributed by atoms with Gasteiger partial charge in [-0.3, -0.25) is 4.79 Å². The van der Waals surface area contributed by atoms with E-state index in [4.69, 9.17) is 21.1 Å². The van der Waals surface area contributed by atoms with Gasteiger partial charge in [0.2, 0.25) is 15.9 Å². The van der Waals surface area contributed by atoms with Gasteiger partial charge < -0.3 is 14.8 Å². The molecule has 1 aliphatic rings. The Balaban J connectivity index is 1.52. The molecule has 1 atom stereocenters. The lowest BCUT2D eigenvalue weighted by Gasteiger charge is -2.31. The summed E-state index contributed by atoms with van der Waals surface area (Å²) >= 11 is 5.91. The molecule has 0 saturated carbocycles. The number of nitrogens with zero attached hydrogens (tertiary/aromatic N) is 1.